The highest BCUT2D eigenvalue weighted by Gasteiger charge is 2.28. The third-order valence-corrected chi connectivity index (χ3v) is 4.05. The van der Waals surface area contributed by atoms with Crippen LogP contribution in [0.2, 0.25) is 5.15 Å². The second kappa shape index (κ2) is 6.98. The fraction of sp³-hybridized carbons (Fsp3) is 0.235. The average molecular weight is 346 g/mol. The van der Waals surface area contributed by atoms with Crippen LogP contribution in [0.5, 0.6) is 0 Å². The summed E-state index contributed by atoms with van der Waals surface area (Å²) in [6.07, 6.45) is 2.84. The van der Waals surface area contributed by atoms with Gasteiger partial charge in [-0.25, -0.2) is 4.98 Å². The number of nitrogens with zero attached hydrogens (tertiary/aromatic N) is 2. The molecule has 1 atom stereocenters. The summed E-state index contributed by atoms with van der Waals surface area (Å²) >= 11 is 6.16. The van der Waals surface area contributed by atoms with Crippen LogP contribution in [0.25, 0.3) is 11.3 Å². The Morgan fingerprint density at radius 3 is 3.04 bits per heavy atom. The summed E-state index contributed by atoms with van der Waals surface area (Å²) < 4.78 is 5.52. The van der Waals surface area contributed by atoms with Crippen LogP contribution in [-0.2, 0) is 9.53 Å². The van der Waals surface area contributed by atoms with Gasteiger partial charge in [0.2, 0.25) is 11.5 Å². The maximum atomic E-state index is 12.1. The molecule has 0 aromatic carbocycles. The summed E-state index contributed by atoms with van der Waals surface area (Å²) in [7, 11) is 0. The minimum Gasteiger partial charge on any atom is -0.377 e. The highest BCUT2D eigenvalue weighted by Crippen LogP contribution is 2.29. The molecule has 1 N–H and O–H groups in total. The first-order chi connectivity index (χ1) is 11.6. The molecule has 0 spiro atoms. The number of hydrogen-bond acceptors (Lipinski definition) is 4. The lowest BCUT2D eigenvalue weighted by Crippen LogP contribution is -2.42. The van der Waals surface area contributed by atoms with Crippen molar-refractivity contribution in [1.29, 1.82) is 0 Å². The highest BCUT2D eigenvalue weighted by atomic mass is 35.5. The first-order valence-electron chi connectivity index (χ1n) is 7.46. The Morgan fingerprint density at radius 1 is 1.46 bits per heavy atom. The van der Waals surface area contributed by atoms with Crippen molar-refractivity contribution in [2.45, 2.75) is 6.04 Å². The summed E-state index contributed by atoms with van der Waals surface area (Å²) in [6, 6.07) is 6.45. The van der Waals surface area contributed by atoms with Gasteiger partial charge in [-0.05, 0) is 29.8 Å². The van der Waals surface area contributed by atoms with Gasteiger partial charge in [0.1, 0.15) is 5.15 Å². The minimum atomic E-state index is -0.273. The molecule has 1 aliphatic heterocycles. The molecule has 0 bridgehead atoms. The van der Waals surface area contributed by atoms with Gasteiger partial charge in [-0.2, -0.15) is 0 Å². The smallest absolute Gasteiger partial charge is 0.248 e. The van der Waals surface area contributed by atoms with Crippen molar-refractivity contribution < 1.29 is 9.53 Å². The third-order valence-electron chi connectivity index (χ3n) is 3.86. The molecule has 1 amide bonds. The van der Waals surface area contributed by atoms with E-state index in [1.165, 1.54) is 12.1 Å². The molecule has 7 heteroatoms. The second-order valence-electron chi connectivity index (χ2n) is 5.38. The number of hydrogen-bond donors (Lipinski definition) is 1. The Bertz CT molecular complexity index is 834. The van der Waals surface area contributed by atoms with Gasteiger partial charge in [0.15, 0.2) is 0 Å². The molecule has 1 saturated heterocycles. The molecule has 0 radical (unpaired) electrons. The van der Waals surface area contributed by atoms with E-state index in [4.69, 9.17) is 16.3 Å². The van der Waals surface area contributed by atoms with Crippen LogP contribution in [0.1, 0.15) is 11.6 Å². The molecule has 6 nitrogen and oxygen atoms in total. The van der Waals surface area contributed by atoms with Crippen molar-refractivity contribution in [3.63, 3.8) is 0 Å². The van der Waals surface area contributed by atoms with Gasteiger partial charge in [-0.1, -0.05) is 18.2 Å². The highest BCUT2D eigenvalue weighted by molar-refractivity contribution is 6.29. The maximum absolute atomic E-state index is 12.1. The number of H-pyrrole nitrogens is 1. The number of carbonyl (C=O) groups is 1. The lowest BCUT2D eigenvalue weighted by molar-refractivity contribution is -0.134. The second-order valence-corrected chi connectivity index (χ2v) is 5.76. The number of ether oxygens (including phenoxy) is 1. The third kappa shape index (κ3) is 3.39. The number of carbonyl (C=O) groups excluding carboxylic acids is 1. The summed E-state index contributed by atoms with van der Waals surface area (Å²) in [4.78, 5) is 32.1. The van der Waals surface area contributed by atoms with E-state index in [1.807, 2.05) is 6.07 Å². The predicted octanol–water partition coefficient (Wildman–Crippen LogP) is 2.18. The van der Waals surface area contributed by atoms with Gasteiger partial charge < -0.3 is 14.6 Å². The molecule has 1 aliphatic rings. The van der Waals surface area contributed by atoms with Gasteiger partial charge in [-0.3, -0.25) is 9.59 Å². The molecule has 0 aliphatic carbocycles. The average Bonchev–Trinajstić information content (AvgIpc) is 2.60. The van der Waals surface area contributed by atoms with Crippen molar-refractivity contribution in [1.82, 2.24) is 14.9 Å². The van der Waals surface area contributed by atoms with Gasteiger partial charge in [0.25, 0.3) is 0 Å². The minimum absolute atomic E-state index is 0.158. The molecule has 1 fully saturated rings. The van der Waals surface area contributed by atoms with Crippen LogP contribution in [-0.4, -0.2) is 40.5 Å². The van der Waals surface area contributed by atoms with E-state index < -0.39 is 0 Å². The quantitative estimate of drug-likeness (QED) is 0.683. The van der Waals surface area contributed by atoms with Crippen LogP contribution >= 0.6 is 11.6 Å². The summed E-state index contributed by atoms with van der Waals surface area (Å²) in [5.74, 6) is -0.158. The number of aromatic amines is 1. The fourth-order valence-corrected chi connectivity index (χ4v) is 2.94. The van der Waals surface area contributed by atoms with E-state index in [2.05, 4.69) is 16.5 Å². The van der Waals surface area contributed by atoms with Gasteiger partial charge >= 0.3 is 0 Å². The Kier molecular flexibility index (Phi) is 4.78. The number of aromatic nitrogens is 2. The van der Waals surface area contributed by atoms with Crippen molar-refractivity contribution in [2.75, 3.05) is 19.8 Å². The number of halogens is 1. The Labute approximate surface area is 143 Å². The van der Waals surface area contributed by atoms with Gasteiger partial charge in [0.05, 0.1) is 24.9 Å². The molecular weight excluding hydrogens is 330 g/mol. The molecular formula is C17H16ClN3O3. The topological polar surface area (TPSA) is 75.3 Å². The predicted molar refractivity (Wildman–Crippen MR) is 90.8 cm³/mol. The lowest BCUT2D eigenvalue weighted by Gasteiger charge is -2.35. The van der Waals surface area contributed by atoms with Gasteiger partial charge in [0, 0.05) is 24.4 Å². The van der Waals surface area contributed by atoms with E-state index in [9.17, 15) is 9.59 Å². The first-order valence-corrected chi connectivity index (χ1v) is 7.83. The number of rotatable bonds is 3. The molecule has 1 unspecified atom stereocenters. The molecule has 2 aromatic heterocycles. The van der Waals surface area contributed by atoms with Crippen molar-refractivity contribution in [2.24, 2.45) is 0 Å². The normalized spacial score (nSPS) is 17.5. The molecule has 3 heterocycles. The monoisotopic (exact) mass is 345 g/mol. The van der Waals surface area contributed by atoms with E-state index in [1.54, 1.807) is 23.2 Å². The fourth-order valence-electron chi connectivity index (χ4n) is 2.72. The van der Waals surface area contributed by atoms with E-state index >= 15 is 0 Å². The molecule has 124 valence electrons. The van der Waals surface area contributed by atoms with E-state index in [0.29, 0.717) is 36.2 Å². The summed E-state index contributed by atoms with van der Waals surface area (Å²) in [5.41, 5.74) is 1.81. The Balaban J connectivity index is 2.03. The van der Waals surface area contributed by atoms with Gasteiger partial charge in [-0.15, -0.1) is 0 Å². The van der Waals surface area contributed by atoms with Crippen molar-refractivity contribution in [3.8, 4) is 11.3 Å². The summed E-state index contributed by atoms with van der Waals surface area (Å²) in [5, 5.41) is 0.291. The molecule has 24 heavy (non-hydrogen) atoms. The number of morpholine rings is 1. The van der Waals surface area contributed by atoms with Crippen LogP contribution in [0.4, 0.5) is 0 Å². The Morgan fingerprint density at radius 2 is 2.29 bits per heavy atom. The van der Waals surface area contributed by atoms with Crippen LogP contribution < -0.4 is 5.56 Å². The number of amides is 1. The molecule has 2 aromatic rings. The SMILES string of the molecule is C=CC(=O)N1CCOCC1c1cc(Cl)nc(-c2cc[nH]c(=O)c2)c1. The zero-order valence-electron chi connectivity index (χ0n) is 12.9. The van der Waals surface area contributed by atoms with E-state index in [0.717, 1.165) is 5.56 Å². The lowest BCUT2D eigenvalue weighted by atomic mass is 10.0. The van der Waals surface area contributed by atoms with Crippen LogP contribution in [0.15, 0.2) is 47.9 Å². The largest absolute Gasteiger partial charge is 0.377 e. The zero-order valence-corrected chi connectivity index (χ0v) is 13.6. The van der Waals surface area contributed by atoms with Crippen molar-refractivity contribution >= 4 is 17.5 Å². The van der Waals surface area contributed by atoms with Crippen molar-refractivity contribution in [3.05, 3.63) is 64.2 Å². The van der Waals surface area contributed by atoms with Crippen LogP contribution in [0, 0.1) is 0 Å². The zero-order chi connectivity index (χ0) is 17.1. The number of nitrogens with one attached hydrogen (secondary N) is 1. The Hall–Kier alpha value is -2.44. The standard InChI is InChI=1S/C17H16ClN3O3/c1-2-17(23)21-5-6-24-10-14(21)12-7-13(20-15(18)8-12)11-3-4-19-16(22)9-11/h2-4,7-9,14H,1,5-6,10H2,(H,19,22). The molecule has 3 rings (SSSR count). The van der Waals surface area contributed by atoms with Crippen LogP contribution in [0.3, 0.4) is 0 Å². The molecule has 0 saturated carbocycles. The summed E-state index contributed by atoms with van der Waals surface area (Å²) in [6.45, 7) is 4.88. The van der Waals surface area contributed by atoms with E-state index in [-0.39, 0.29) is 17.5 Å². The maximum Gasteiger partial charge on any atom is 0.248 e. The first kappa shape index (κ1) is 16.4. The number of pyridine rings is 2.